The van der Waals surface area contributed by atoms with Gasteiger partial charge in [-0.3, -0.25) is 9.78 Å². The van der Waals surface area contributed by atoms with Crippen molar-refractivity contribution < 1.29 is 9.90 Å². The first-order chi connectivity index (χ1) is 5.63. The Morgan fingerprint density at radius 3 is 2.92 bits per heavy atom. The Morgan fingerprint density at radius 1 is 1.75 bits per heavy atom. The van der Waals surface area contributed by atoms with Gasteiger partial charge in [-0.05, 0) is 6.07 Å². The third-order valence-electron chi connectivity index (χ3n) is 1.40. The van der Waals surface area contributed by atoms with E-state index < -0.39 is 12.0 Å². The van der Waals surface area contributed by atoms with Crippen molar-refractivity contribution in [2.45, 2.75) is 6.04 Å². The van der Waals surface area contributed by atoms with Crippen LogP contribution in [-0.2, 0) is 4.79 Å². The summed E-state index contributed by atoms with van der Waals surface area (Å²) in [6, 6.07) is 0.394. The van der Waals surface area contributed by atoms with Crippen LogP contribution in [0.5, 0.6) is 0 Å². The lowest BCUT2D eigenvalue weighted by atomic mass is 10.1. The largest absolute Gasteiger partial charge is 0.480 e. The normalized spacial score (nSPS) is 12.5. The Hall–Kier alpha value is -1.13. The Balaban J connectivity index is 3.02. The number of aromatic nitrogens is 1. The summed E-state index contributed by atoms with van der Waals surface area (Å²) in [5.74, 6) is -1.12. The lowest BCUT2D eigenvalue weighted by molar-refractivity contribution is -0.138. The molecule has 0 radical (unpaired) electrons. The van der Waals surface area contributed by atoms with Gasteiger partial charge >= 0.3 is 5.97 Å². The number of pyridine rings is 1. The van der Waals surface area contributed by atoms with Crippen LogP contribution < -0.4 is 5.73 Å². The minimum absolute atomic E-state index is 0.319. The molecular formula is C7H7ClN2O2. The van der Waals surface area contributed by atoms with Crippen molar-refractivity contribution in [3.05, 3.63) is 29.0 Å². The summed E-state index contributed by atoms with van der Waals surface area (Å²) in [4.78, 5) is 14.2. The molecule has 0 unspecified atom stereocenters. The van der Waals surface area contributed by atoms with Crippen LogP contribution in [-0.4, -0.2) is 16.1 Å². The molecule has 3 N–H and O–H groups in total. The molecule has 5 heteroatoms. The molecule has 0 spiro atoms. The Bertz CT molecular complexity index is 303. The van der Waals surface area contributed by atoms with E-state index in [0.29, 0.717) is 10.6 Å². The number of carboxylic acids is 1. The maximum absolute atomic E-state index is 10.4. The SMILES string of the molecule is N[C@@H](C(=O)O)c1cnccc1Cl. The van der Waals surface area contributed by atoms with Gasteiger partial charge in [-0.1, -0.05) is 11.6 Å². The van der Waals surface area contributed by atoms with E-state index >= 15 is 0 Å². The van der Waals surface area contributed by atoms with Gasteiger partial charge in [0.25, 0.3) is 0 Å². The van der Waals surface area contributed by atoms with Crippen molar-refractivity contribution in [3.63, 3.8) is 0 Å². The molecule has 0 saturated heterocycles. The molecule has 4 nitrogen and oxygen atoms in total. The summed E-state index contributed by atoms with van der Waals surface area (Å²) in [5.41, 5.74) is 5.64. The van der Waals surface area contributed by atoms with E-state index in [1.165, 1.54) is 18.5 Å². The van der Waals surface area contributed by atoms with Crippen LogP contribution in [0, 0.1) is 0 Å². The molecule has 0 saturated carbocycles. The first kappa shape index (κ1) is 8.96. The number of carbonyl (C=O) groups is 1. The maximum Gasteiger partial charge on any atom is 0.325 e. The number of nitrogens with zero attached hydrogens (tertiary/aromatic N) is 1. The minimum atomic E-state index is -1.12. The summed E-state index contributed by atoms with van der Waals surface area (Å²) in [7, 11) is 0. The van der Waals surface area contributed by atoms with E-state index in [1.807, 2.05) is 0 Å². The van der Waals surface area contributed by atoms with Crippen molar-refractivity contribution in [2.24, 2.45) is 5.73 Å². The zero-order valence-electron chi connectivity index (χ0n) is 6.07. The molecule has 1 heterocycles. The lowest BCUT2D eigenvalue weighted by Gasteiger charge is -2.06. The molecular weight excluding hydrogens is 180 g/mol. The van der Waals surface area contributed by atoms with Crippen molar-refractivity contribution in [1.82, 2.24) is 4.98 Å². The molecule has 1 rings (SSSR count). The Morgan fingerprint density at radius 2 is 2.42 bits per heavy atom. The van der Waals surface area contributed by atoms with Gasteiger partial charge in [-0.15, -0.1) is 0 Å². The van der Waals surface area contributed by atoms with E-state index in [2.05, 4.69) is 4.98 Å². The zero-order valence-corrected chi connectivity index (χ0v) is 6.82. The van der Waals surface area contributed by atoms with Crippen LogP contribution in [0.25, 0.3) is 0 Å². The topological polar surface area (TPSA) is 76.2 Å². The van der Waals surface area contributed by atoms with Gasteiger partial charge in [0.2, 0.25) is 0 Å². The average molecular weight is 187 g/mol. The quantitative estimate of drug-likeness (QED) is 0.717. The monoisotopic (exact) mass is 186 g/mol. The second-order valence-corrected chi connectivity index (χ2v) is 2.62. The van der Waals surface area contributed by atoms with Gasteiger partial charge in [-0.2, -0.15) is 0 Å². The van der Waals surface area contributed by atoms with Crippen LogP contribution in [0.4, 0.5) is 0 Å². The first-order valence-electron chi connectivity index (χ1n) is 3.20. The number of carboxylic acid groups (broad SMARTS) is 1. The first-order valence-corrected chi connectivity index (χ1v) is 3.58. The lowest BCUT2D eigenvalue weighted by Crippen LogP contribution is -2.21. The zero-order chi connectivity index (χ0) is 9.14. The molecule has 12 heavy (non-hydrogen) atoms. The second-order valence-electron chi connectivity index (χ2n) is 2.21. The fourth-order valence-corrected chi connectivity index (χ4v) is 0.974. The Kier molecular flexibility index (Phi) is 2.62. The Labute approximate surface area is 74.0 Å². The molecule has 0 fully saturated rings. The molecule has 0 aliphatic carbocycles. The van der Waals surface area contributed by atoms with E-state index in [4.69, 9.17) is 22.4 Å². The number of hydrogen-bond acceptors (Lipinski definition) is 3. The number of aliphatic carboxylic acids is 1. The van der Waals surface area contributed by atoms with Crippen molar-refractivity contribution in [1.29, 1.82) is 0 Å². The van der Waals surface area contributed by atoms with Crippen LogP contribution >= 0.6 is 11.6 Å². The molecule has 0 aliphatic rings. The second kappa shape index (κ2) is 3.51. The minimum Gasteiger partial charge on any atom is -0.480 e. The molecule has 0 bridgehead atoms. The molecule has 0 aromatic carbocycles. The average Bonchev–Trinajstić information content (AvgIpc) is 2.04. The number of nitrogens with two attached hydrogens (primary N) is 1. The smallest absolute Gasteiger partial charge is 0.325 e. The maximum atomic E-state index is 10.4. The molecule has 1 aromatic heterocycles. The van der Waals surface area contributed by atoms with Gasteiger partial charge in [0.1, 0.15) is 6.04 Å². The highest BCUT2D eigenvalue weighted by Gasteiger charge is 2.16. The molecule has 64 valence electrons. The predicted octanol–water partition coefficient (Wildman–Crippen LogP) is 0.819. The summed E-state index contributed by atoms with van der Waals surface area (Å²) in [6.07, 6.45) is 2.82. The van der Waals surface area contributed by atoms with Gasteiger partial charge in [0, 0.05) is 23.0 Å². The molecule has 1 atom stereocenters. The number of hydrogen-bond donors (Lipinski definition) is 2. The van der Waals surface area contributed by atoms with E-state index in [1.54, 1.807) is 0 Å². The summed E-state index contributed by atoms with van der Waals surface area (Å²) < 4.78 is 0. The fourth-order valence-electron chi connectivity index (χ4n) is 0.752. The molecule has 0 amide bonds. The van der Waals surface area contributed by atoms with Crippen molar-refractivity contribution in [3.8, 4) is 0 Å². The van der Waals surface area contributed by atoms with E-state index in [0.717, 1.165) is 0 Å². The highest BCUT2D eigenvalue weighted by Crippen LogP contribution is 2.19. The van der Waals surface area contributed by atoms with Crippen LogP contribution in [0.1, 0.15) is 11.6 Å². The van der Waals surface area contributed by atoms with Crippen LogP contribution in [0.15, 0.2) is 18.5 Å². The third kappa shape index (κ3) is 1.72. The van der Waals surface area contributed by atoms with Gasteiger partial charge in [0.05, 0.1) is 0 Å². The van der Waals surface area contributed by atoms with E-state index in [-0.39, 0.29) is 0 Å². The predicted molar refractivity (Wildman–Crippen MR) is 43.8 cm³/mol. The van der Waals surface area contributed by atoms with Crippen LogP contribution in [0.3, 0.4) is 0 Å². The van der Waals surface area contributed by atoms with E-state index in [9.17, 15) is 4.79 Å². The third-order valence-corrected chi connectivity index (χ3v) is 1.74. The number of rotatable bonds is 2. The number of halogens is 1. The van der Waals surface area contributed by atoms with Crippen LogP contribution in [0.2, 0.25) is 5.02 Å². The highest BCUT2D eigenvalue weighted by atomic mass is 35.5. The molecule has 0 aliphatic heterocycles. The summed E-state index contributed by atoms with van der Waals surface area (Å²) in [5, 5.41) is 8.87. The van der Waals surface area contributed by atoms with Gasteiger partial charge in [-0.25, -0.2) is 0 Å². The summed E-state index contributed by atoms with van der Waals surface area (Å²) >= 11 is 5.68. The van der Waals surface area contributed by atoms with Crippen molar-refractivity contribution >= 4 is 17.6 Å². The van der Waals surface area contributed by atoms with Crippen molar-refractivity contribution in [2.75, 3.05) is 0 Å². The van der Waals surface area contributed by atoms with Gasteiger partial charge < -0.3 is 10.8 Å². The fraction of sp³-hybridized carbons (Fsp3) is 0.143. The molecule has 1 aromatic rings. The summed E-state index contributed by atoms with van der Waals surface area (Å²) in [6.45, 7) is 0. The standard InChI is InChI=1S/C7H7ClN2O2/c8-5-1-2-10-3-4(5)6(9)7(11)12/h1-3,6H,9H2,(H,11,12)/t6-/m1/s1. The highest BCUT2D eigenvalue weighted by molar-refractivity contribution is 6.31. The van der Waals surface area contributed by atoms with Gasteiger partial charge in [0.15, 0.2) is 0 Å².